The molecule has 1 heterocycles. The molecule has 0 aromatic heterocycles. The number of alkyl carbamates (subject to hydrolysis) is 1. The van der Waals surface area contributed by atoms with E-state index in [0.29, 0.717) is 0 Å². The minimum atomic E-state index is -0.407. The van der Waals surface area contributed by atoms with Crippen LogP contribution in [0.2, 0.25) is 0 Å². The summed E-state index contributed by atoms with van der Waals surface area (Å²) in [5, 5.41) is 5.98. The molecule has 5 heteroatoms. The molecule has 0 aromatic rings. The number of amides is 1. The van der Waals surface area contributed by atoms with Crippen molar-refractivity contribution in [3.63, 3.8) is 0 Å². The largest absolute Gasteiger partial charge is 0.444 e. The van der Waals surface area contributed by atoms with Crippen LogP contribution in [0.3, 0.4) is 0 Å². The Kier molecular flexibility index (Phi) is 5.29. The first kappa shape index (κ1) is 13.6. The molecule has 0 saturated carbocycles. The maximum absolute atomic E-state index is 11.3. The monoisotopic (exact) mass is 220 g/mol. The SMILES string of the molecule is CC(C)(C)OC(=O)N[C@H]1CCNC1.S. The lowest BCUT2D eigenvalue weighted by molar-refractivity contribution is 0.0508. The molecule has 0 bridgehead atoms. The first-order chi connectivity index (χ1) is 5.97. The Morgan fingerprint density at radius 3 is 2.57 bits per heavy atom. The highest BCUT2D eigenvalue weighted by Gasteiger charge is 2.21. The Bertz CT molecular complexity index is 186. The quantitative estimate of drug-likeness (QED) is 0.693. The Morgan fingerprint density at radius 1 is 1.50 bits per heavy atom. The van der Waals surface area contributed by atoms with Gasteiger partial charge < -0.3 is 15.4 Å². The molecule has 84 valence electrons. The fraction of sp³-hybridized carbons (Fsp3) is 0.889. The standard InChI is InChI=1S/C9H18N2O2.H2S/c1-9(2,3)13-8(12)11-7-4-5-10-6-7;/h7,10H,4-6H2,1-3H3,(H,11,12);1H2/t7-;/m0./s1. The van der Waals surface area contributed by atoms with E-state index in [1.807, 2.05) is 20.8 Å². The van der Waals surface area contributed by atoms with Crippen LogP contribution >= 0.6 is 13.5 Å². The lowest BCUT2D eigenvalue weighted by atomic mass is 10.2. The van der Waals surface area contributed by atoms with Crippen molar-refractivity contribution in [1.29, 1.82) is 0 Å². The molecule has 1 aliphatic heterocycles. The predicted molar refractivity (Wildman–Crippen MR) is 61.0 cm³/mol. The Balaban J connectivity index is 0.00000169. The molecule has 0 aliphatic carbocycles. The molecule has 1 saturated heterocycles. The van der Waals surface area contributed by atoms with Gasteiger partial charge in [-0.2, -0.15) is 13.5 Å². The molecule has 2 N–H and O–H groups in total. The van der Waals surface area contributed by atoms with Crippen molar-refractivity contribution in [2.24, 2.45) is 0 Å². The second kappa shape index (κ2) is 5.46. The molecule has 0 radical (unpaired) electrons. The van der Waals surface area contributed by atoms with Crippen molar-refractivity contribution in [2.45, 2.75) is 38.8 Å². The van der Waals surface area contributed by atoms with Gasteiger partial charge in [-0.25, -0.2) is 4.79 Å². The van der Waals surface area contributed by atoms with Gasteiger partial charge in [0.2, 0.25) is 0 Å². The molecule has 14 heavy (non-hydrogen) atoms. The van der Waals surface area contributed by atoms with Gasteiger partial charge in [0.1, 0.15) is 5.60 Å². The van der Waals surface area contributed by atoms with Crippen LogP contribution in [0, 0.1) is 0 Å². The van der Waals surface area contributed by atoms with E-state index in [-0.39, 0.29) is 25.6 Å². The molecular weight excluding hydrogens is 200 g/mol. The summed E-state index contributed by atoms with van der Waals surface area (Å²) < 4.78 is 5.12. The molecule has 4 nitrogen and oxygen atoms in total. The molecule has 1 amide bonds. The summed E-state index contributed by atoms with van der Waals surface area (Å²) in [7, 11) is 0. The van der Waals surface area contributed by atoms with Gasteiger partial charge >= 0.3 is 6.09 Å². The molecule has 1 atom stereocenters. The van der Waals surface area contributed by atoms with Gasteiger partial charge in [-0.05, 0) is 33.7 Å². The van der Waals surface area contributed by atoms with Crippen LogP contribution in [0.5, 0.6) is 0 Å². The molecule has 0 aromatic carbocycles. The van der Waals surface area contributed by atoms with Crippen LogP contribution < -0.4 is 10.6 Å². The van der Waals surface area contributed by atoms with Crippen molar-refractivity contribution in [3.05, 3.63) is 0 Å². The average molecular weight is 220 g/mol. The maximum Gasteiger partial charge on any atom is 0.407 e. The van der Waals surface area contributed by atoms with Crippen molar-refractivity contribution in [2.75, 3.05) is 13.1 Å². The Morgan fingerprint density at radius 2 is 2.14 bits per heavy atom. The van der Waals surface area contributed by atoms with Crippen molar-refractivity contribution >= 4 is 19.6 Å². The first-order valence-electron chi connectivity index (χ1n) is 4.67. The van der Waals surface area contributed by atoms with E-state index >= 15 is 0 Å². The number of carbonyl (C=O) groups excluding carboxylic acids is 1. The van der Waals surface area contributed by atoms with Crippen LogP contribution in [-0.4, -0.2) is 30.8 Å². The van der Waals surface area contributed by atoms with Crippen LogP contribution in [0.25, 0.3) is 0 Å². The third kappa shape index (κ3) is 5.34. The van der Waals surface area contributed by atoms with Crippen LogP contribution in [0.4, 0.5) is 4.79 Å². The highest BCUT2D eigenvalue weighted by molar-refractivity contribution is 7.59. The Labute approximate surface area is 92.2 Å². The maximum atomic E-state index is 11.3. The van der Waals surface area contributed by atoms with E-state index < -0.39 is 5.60 Å². The van der Waals surface area contributed by atoms with Crippen LogP contribution in [0.1, 0.15) is 27.2 Å². The van der Waals surface area contributed by atoms with Crippen molar-refractivity contribution in [3.8, 4) is 0 Å². The second-order valence-corrected chi connectivity index (χ2v) is 4.34. The van der Waals surface area contributed by atoms with Gasteiger partial charge in [0.15, 0.2) is 0 Å². The van der Waals surface area contributed by atoms with E-state index in [1.54, 1.807) is 0 Å². The summed E-state index contributed by atoms with van der Waals surface area (Å²) in [6, 6.07) is 0.231. The number of carbonyl (C=O) groups is 1. The van der Waals surface area contributed by atoms with E-state index in [4.69, 9.17) is 4.74 Å². The third-order valence-corrected chi connectivity index (χ3v) is 1.78. The van der Waals surface area contributed by atoms with Crippen molar-refractivity contribution < 1.29 is 9.53 Å². The fourth-order valence-corrected chi connectivity index (χ4v) is 1.25. The summed E-state index contributed by atoms with van der Waals surface area (Å²) in [5.74, 6) is 0. The highest BCUT2D eigenvalue weighted by Crippen LogP contribution is 2.07. The lowest BCUT2D eigenvalue weighted by Crippen LogP contribution is -2.40. The molecular formula is C9H20N2O2S. The normalized spacial score (nSPS) is 21.2. The average Bonchev–Trinajstić information content (AvgIpc) is 2.34. The molecule has 0 spiro atoms. The van der Waals surface area contributed by atoms with Gasteiger partial charge in [0.05, 0.1) is 0 Å². The number of hydrogen-bond acceptors (Lipinski definition) is 3. The molecule has 1 fully saturated rings. The number of nitrogens with one attached hydrogen (secondary N) is 2. The van der Waals surface area contributed by atoms with Crippen molar-refractivity contribution in [1.82, 2.24) is 10.6 Å². The van der Waals surface area contributed by atoms with Crippen LogP contribution in [0.15, 0.2) is 0 Å². The summed E-state index contributed by atoms with van der Waals surface area (Å²) in [6.07, 6.45) is 0.667. The number of rotatable bonds is 1. The zero-order chi connectivity index (χ0) is 9.90. The second-order valence-electron chi connectivity index (χ2n) is 4.34. The number of ether oxygens (including phenoxy) is 1. The van der Waals surface area contributed by atoms with E-state index in [1.165, 1.54) is 0 Å². The summed E-state index contributed by atoms with van der Waals surface area (Å²) >= 11 is 0. The third-order valence-electron chi connectivity index (χ3n) is 1.78. The zero-order valence-corrected chi connectivity index (χ0v) is 10.0. The summed E-state index contributed by atoms with van der Waals surface area (Å²) in [5.41, 5.74) is -0.407. The van der Waals surface area contributed by atoms with Gasteiger partial charge in [0.25, 0.3) is 0 Å². The van der Waals surface area contributed by atoms with Gasteiger partial charge in [-0.3, -0.25) is 0 Å². The summed E-state index contributed by atoms with van der Waals surface area (Å²) in [4.78, 5) is 11.3. The zero-order valence-electron chi connectivity index (χ0n) is 9.02. The van der Waals surface area contributed by atoms with Gasteiger partial charge in [-0.15, -0.1) is 0 Å². The van der Waals surface area contributed by atoms with Gasteiger partial charge in [0, 0.05) is 12.6 Å². The Hall–Kier alpha value is -0.420. The first-order valence-corrected chi connectivity index (χ1v) is 4.67. The number of hydrogen-bond donors (Lipinski definition) is 2. The van der Waals surface area contributed by atoms with E-state index in [9.17, 15) is 4.79 Å². The van der Waals surface area contributed by atoms with E-state index in [0.717, 1.165) is 19.5 Å². The smallest absolute Gasteiger partial charge is 0.407 e. The minimum absolute atomic E-state index is 0. The van der Waals surface area contributed by atoms with Gasteiger partial charge in [-0.1, -0.05) is 0 Å². The fourth-order valence-electron chi connectivity index (χ4n) is 1.25. The minimum Gasteiger partial charge on any atom is -0.444 e. The molecule has 0 unspecified atom stereocenters. The predicted octanol–water partition coefficient (Wildman–Crippen LogP) is 0.986. The molecule has 1 rings (SSSR count). The summed E-state index contributed by atoms with van der Waals surface area (Å²) in [6.45, 7) is 7.40. The topological polar surface area (TPSA) is 50.4 Å². The van der Waals surface area contributed by atoms with E-state index in [2.05, 4.69) is 10.6 Å². The molecule has 1 aliphatic rings. The highest BCUT2D eigenvalue weighted by atomic mass is 32.1. The lowest BCUT2D eigenvalue weighted by Gasteiger charge is -2.21. The van der Waals surface area contributed by atoms with Crippen LogP contribution in [-0.2, 0) is 4.74 Å².